The van der Waals surface area contributed by atoms with Gasteiger partial charge in [0, 0.05) is 17.3 Å². The van der Waals surface area contributed by atoms with E-state index in [1.54, 1.807) is 19.2 Å². The number of benzene rings is 1. The maximum absolute atomic E-state index is 11.5. The van der Waals surface area contributed by atoms with Crippen LogP contribution in [0.3, 0.4) is 0 Å². The Bertz CT molecular complexity index is 623. The summed E-state index contributed by atoms with van der Waals surface area (Å²) in [5.74, 6) is 1.11. The van der Waals surface area contributed by atoms with Crippen LogP contribution in [0.15, 0.2) is 29.1 Å². The van der Waals surface area contributed by atoms with Crippen molar-refractivity contribution in [1.82, 2.24) is 9.97 Å². The lowest BCUT2D eigenvalue weighted by Gasteiger charge is -2.06. The summed E-state index contributed by atoms with van der Waals surface area (Å²) in [5.41, 5.74) is 1.35. The first-order valence-corrected chi connectivity index (χ1v) is 5.96. The van der Waals surface area contributed by atoms with E-state index < -0.39 is 0 Å². The molecular formula is C13H13ClN2O2. The average molecular weight is 265 g/mol. The van der Waals surface area contributed by atoms with Gasteiger partial charge in [-0.15, -0.1) is 0 Å². The van der Waals surface area contributed by atoms with Crippen LogP contribution in [0.2, 0.25) is 5.02 Å². The first-order valence-electron chi connectivity index (χ1n) is 5.58. The number of hydrogen-bond acceptors (Lipinski definition) is 3. The van der Waals surface area contributed by atoms with Crippen LogP contribution in [-0.4, -0.2) is 17.1 Å². The monoisotopic (exact) mass is 264 g/mol. The van der Waals surface area contributed by atoms with E-state index in [2.05, 4.69) is 9.97 Å². The number of nitrogens with zero attached hydrogens (tertiary/aromatic N) is 1. The molecule has 5 heteroatoms. The van der Waals surface area contributed by atoms with E-state index in [1.165, 1.54) is 6.07 Å². The van der Waals surface area contributed by atoms with Crippen LogP contribution >= 0.6 is 11.6 Å². The summed E-state index contributed by atoms with van der Waals surface area (Å²) in [4.78, 5) is 18.6. The van der Waals surface area contributed by atoms with Gasteiger partial charge in [0.1, 0.15) is 11.6 Å². The molecule has 2 aromatic rings. The molecule has 1 aromatic carbocycles. The zero-order valence-corrected chi connectivity index (χ0v) is 10.9. The molecule has 0 saturated carbocycles. The molecule has 0 spiro atoms. The number of H-pyrrole nitrogens is 1. The third kappa shape index (κ3) is 2.54. The second-order valence-electron chi connectivity index (χ2n) is 3.79. The van der Waals surface area contributed by atoms with Crippen molar-refractivity contribution in [3.8, 4) is 17.1 Å². The summed E-state index contributed by atoms with van der Waals surface area (Å²) >= 11 is 6.05. The first kappa shape index (κ1) is 12.6. The molecule has 0 aliphatic heterocycles. The van der Waals surface area contributed by atoms with Gasteiger partial charge in [-0.25, -0.2) is 4.98 Å². The number of hydrogen-bond donors (Lipinski definition) is 1. The van der Waals surface area contributed by atoms with Gasteiger partial charge >= 0.3 is 0 Å². The molecule has 0 atom stereocenters. The van der Waals surface area contributed by atoms with Crippen LogP contribution < -0.4 is 10.3 Å². The van der Waals surface area contributed by atoms with Gasteiger partial charge < -0.3 is 9.72 Å². The molecule has 1 N–H and O–H groups in total. The first-order chi connectivity index (χ1) is 8.63. The molecule has 0 fully saturated rings. The zero-order chi connectivity index (χ0) is 13.1. The molecule has 0 amide bonds. The lowest BCUT2D eigenvalue weighted by Crippen LogP contribution is -2.09. The highest BCUT2D eigenvalue weighted by Gasteiger charge is 2.07. The number of ether oxygens (including phenoxy) is 1. The fourth-order valence-electron chi connectivity index (χ4n) is 1.64. The summed E-state index contributed by atoms with van der Waals surface area (Å²) < 4.78 is 5.08. The van der Waals surface area contributed by atoms with E-state index in [-0.39, 0.29) is 5.56 Å². The number of aryl methyl sites for hydroxylation is 1. The predicted octanol–water partition coefficient (Wildman–Crippen LogP) is 2.66. The second-order valence-corrected chi connectivity index (χ2v) is 4.20. The van der Waals surface area contributed by atoms with Crippen molar-refractivity contribution < 1.29 is 4.74 Å². The van der Waals surface area contributed by atoms with Crippen LogP contribution in [0.25, 0.3) is 11.4 Å². The van der Waals surface area contributed by atoms with E-state index >= 15 is 0 Å². The summed E-state index contributed by atoms with van der Waals surface area (Å²) in [7, 11) is 1.55. The van der Waals surface area contributed by atoms with Gasteiger partial charge in [-0.05, 0) is 24.6 Å². The van der Waals surface area contributed by atoms with Crippen molar-refractivity contribution >= 4 is 11.6 Å². The SMILES string of the molecule is CCc1cc(=O)[nH]c(-c2ccc(OC)c(Cl)c2)n1. The van der Waals surface area contributed by atoms with E-state index in [9.17, 15) is 4.79 Å². The molecule has 1 heterocycles. The van der Waals surface area contributed by atoms with Gasteiger partial charge in [0.2, 0.25) is 0 Å². The molecule has 0 aliphatic carbocycles. The number of aromatic amines is 1. The Balaban J connectivity index is 2.51. The van der Waals surface area contributed by atoms with E-state index in [0.29, 0.717) is 23.0 Å². The maximum Gasteiger partial charge on any atom is 0.251 e. The van der Waals surface area contributed by atoms with Gasteiger partial charge in [-0.1, -0.05) is 18.5 Å². The van der Waals surface area contributed by atoms with Gasteiger partial charge in [0.25, 0.3) is 5.56 Å². The maximum atomic E-state index is 11.5. The fourth-order valence-corrected chi connectivity index (χ4v) is 1.90. The lowest BCUT2D eigenvalue weighted by atomic mass is 10.2. The normalized spacial score (nSPS) is 10.4. The molecule has 0 aliphatic rings. The molecular weight excluding hydrogens is 252 g/mol. The zero-order valence-electron chi connectivity index (χ0n) is 10.2. The molecule has 0 radical (unpaired) electrons. The molecule has 18 heavy (non-hydrogen) atoms. The van der Waals surface area contributed by atoms with Gasteiger partial charge in [-0.3, -0.25) is 4.79 Å². The fraction of sp³-hybridized carbons (Fsp3) is 0.231. The topological polar surface area (TPSA) is 55.0 Å². The summed E-state index contributed by atoms with van der Waals surface area (Å²) in [6.45, 7) is 1.95. The highest BCUT2D eigenvalue weighted by molar-refractivity contribution is 6.32. The minimum atomic E-state index is -0.163. The summed E-state index contributed by atoms with van der Waals surface area (Å²) in [5, 5.41) is 0.486. The summed E-state index contributed by atoms with van der Waals surface area (Å²) in [6, 6.07) is 6.77. The highest BCUT2D eigenvalue weighted by atomic mass is 35.5. The predicted molar refractivity (Wildman–Crippen MR) is 71.2 cm³/mol. The standard InChI is InChI=1S/C13H13ClN2O2/c1-3-9-7-12(17)16-13(15-9)8-4-5-11(18-2)10(14)6-8/h4-7H,3H2,1-2H3,(H,15,16,17). The Morgan fingerprint density at radius 2 is 2.17 bits per heavy atom. The third-order valence-electron chi connectivity index (χ3n) is 2.58. The van der Waals surface area contributed by atoms with Crippen molar-refractivity contribution in [2.24, 2.45) is 0 Å². The Kier molecular flexibility index (Phi) is 3.67. The van der Waals surface area contributed by atoms with Gasteiger partial charge in [-0.2, -0.15) is 0 Å². The summed E-state index contributed by atoms with van der Waals surface area (Å²) in [6.07, 6.45) is 0.709. The Morgan fingerprint density at radius 3 is 2.78 bits per heavy atom. The average Bonchev–Trinajstić information content (AvgIpc) is 2.37. The van der Waals surface area contributed by atoms with Crippen LogP contribution in [0.5, 0.6) is 5.75 Å². The third-order valence-corrected chi connectivity index (χ3v) is 2.88. The molecule has 2 rings (SSSR count). The molecule has 0 saturated heterocycles. The van der Waals surface area contributed by atoms with Crippen molar-refractivity contribution in [1.29, 1.82) is 0 Å². The second kappa shape index (κ2) is 5.23. The van der Waals surface area contributed by atoms with Crippen molar-refractivity contribution in [2.45, 2.75) is 13.3 Å². The number of methoxy groups -OCH3 is 1. The molecule has 4 nitrogen and oxygen atoms in total. The molecule has 0 bridgehead atoms. The number of halogens is 1. The van der Waals surface area contributed by atoms with Crippen LogP contribution in [0.1, 0.15) is 12.6 Å². The smallest absolute Gasteiger partial charge is 0.251 e. The van der Waals surface area contributed by atoms with Crippen LogP contribution in [0.4, 0.5) is 0 Å². The molecule has 1 aromatic heterocycles. The van der Waals surface area contributed by atoms with E-state index in [0.717, 1.165) is 11.3 Å². The number of nitrogens with one attached hydrogen (secondary N) is 1. The minimum Gasteiger partial charge on any atom is -0.495 e. The lowest BCUT2D eigenvalue weighted by molar-refractivity contribution is 0.415. The van der Waals surface area contributed by atoms with Gasteiger partial charge in [0.15, 0.2) is 0 Å². The molecule has 94 valence electrons. The van der Waals surface area contributed by atoms with Crippen molar-refractivity contribution in [3.05, 3.63) is 45.3 Å². The highest BCUT2D eigenvalue weighted by Crippen LogP contribution is 2.28. The Morgan fingerprint density at radius 1 is 1.39 bits per heavy atom. The van der Waals surface area contributed by atoms with Gasteiger partial charge in [0.05, 0.1) is 12.1 Å². The van der Waals surface area contributed by atoms with Crippen molar-refractivity contribution in [3.63, 3.8) is 0 Å². The number of rotatable bonds is 3. The van der Waals surface area contributed by atoms with E-state index in [1.807, 2.05) is 13.0 Å². The van der Waals surface area contributed by atoms with Crippen LogP contribution in [0, 0.1) is 0 Å². The quantitative estimate of drug-likeness (QED) is 0.927. The largest absolute Gasteiger partial charge is 0.495 e. The Hall–Kier alpha value is -1.81. The minimum absolute atomic E-state index is 0.163. The Labute approximate surface area is 110 Å². The van der Waals surface area contributed by atoms with E-state index in [4.69, 9.17) is 16.3 Å². The van der Waals surface area contributed by atoms with Crippen molar-refractivity contribution in [2.75, 3.05) is 7.11 Å². The van der Waals surface area contributed by atoms with Crippen LogP contribution in [-0.2, 0) is 6.42 Å². The number of aromatic nitrogens is 2. The molecule has 0 unspecified atom stereocenters.